The summed E-state index contributed by atoms with van der Waals surface area (Å²) in [6.45, 7) is 1.70. The normalized spacial score (nSPS) is 14.0. The Balaban J connectivity index is 1.49. The Morgan fingerprint density at radius 3 is 2.71 bits per heavy atom. The zero-order chi connectivity index (χ0) is 21.2. The number of para-hydroxylation sites is 1. The average Bonchev–Trinajstić information content (AvgIpc) is 3.24. The molecule has 3 heterocycles. The molecule has 1 fully saturated rings. The highest BCUT2D eigenvalue weighted by molar-refractivity contribution is 6.35. The first-order chi connectivity index (χ1) is 15.2. The number of aromatic amines is 1. The Labute approximate surface area is 184 Å². The van der Waals surface area contributed by atoms with Gasteiger partial charge in [-0.3, -0.25) is 4.79 Å². The number of nitrogens with one attached hydrogen (secondary N) is 1. The van der Waals surface area contributed by atoms with Crippen LogP contribution in [0.15, 0.2) is 61.1 Å². The molecule has 0 spiro atoms. The number of rotatable bonds is 5. The van der Waals surface area contributed by atoms with Gasteiger partial charge in [-0.25, -0.2) is 9.97 Å². The third-order valence-electron chi connectivity index (χ3n) is 5.34. The van der Waals surface area contributed by atoms with Gasteiger partial charge in [0, 0.05) is 30.9 Å². The van der Waals surface area contributed by atoms with Crippen LogP contribution < -0.4 is 9.64 Å². The topological polar surface area (TPSA) is 71.1 Å². The first-order valence-electron chi connectivity index (χ1n) is 10.2. The van der Waals surface area contributed by atoms with Gasteiger partial charge >= 0.3 is 0 Å². The fourth-order valence-corrected chi connectivity index (χ4v) is 4.09. The van der Waals surface area contributed by atoms with Crippen molar-refractivity contribution in [3.63, 3.8) is 0 Å². The number of carbonyl (C=O) groups excluding carboxylic acids is 1. The van der Waals surface area contributed by atoms with Gasteiger partial charge in [-0.1, -0.05) is 29.8 Å². The predicted octanol–water partition coefficient (Wildman–Crippen LogP) is 5.44. The monoisotopic (exact) mass is 431 g/mol. The maximum absolute atomic E-state index is 13.4. The van der Waals surface area contributed by atoms with E-state index in [1.165, 1.54) is 6.33 Å². The zero-order valence-corrected chi connectivity index (χ0v) is 17.5. The molecule has 0 unspecified atom stereocenters. The summed E-state index contributed by atoms with van der Waals surface area (Å²) >= 11 is 6.49. The number of hydrogen-bond donors (Lipinski definition) is 1. The third-order valence-corrected chi connectivity index (χ3v) is 5.66. The van der Waals surface area contributed by atoms with Crippen molar-refractivity contribution >= 4 is 34.2 Å². The number of piperidine rings is 1. The molecule has 155 valence electrons. The molecular weight excluding hydrogens is 412 g/mol. The number of aromatic nitrogens is 3. The molecule has 7 heteroatoms. The van der Waals surface area contributed by atoms with E-state index in [4.69, 9.17) is 16.3 Å². The van der Waals surface area contributed by atoms with Gasteiger partial charge in [0.05, 0.1) is 16.0 Å². The van der Waals surface area contributed by atoms with Crippen LogP contribution in [0.3, 0.4) is 0 Å². The summed E-state index contributed by atoms with van der Waals surface area (Å²) in [5.74, 6) is 1.86. The van der Waals surface area contributed by atoms with E-state index < -0.39 is 0 Å². The minimum Gasteiger partial charge on any atom is -0.457 e. The van der Waals surface area contributed by atoms with E-state index in [1.807, 2.05) is 30.3 Å². The molecule has 0 aliphatic carbocycles. The lowest BCUT2D eigenvalue weighted by Gasteiger charge is -2.28. The van der Waals surface area contributed by atoms with Crippen LogP contribution in [0.5, 0.6) is 11.5 Å². The van der Waals surface area contributed by atoms with Crippen LogP contribution in [0, 0.1) is 6.42 Å². The number of ketones is 1. The van der Waals surface area contributed by atoms with E-state index >= 15 is 0 Å². The standard InChI is InChI=1S/C24H20ClN4O2/c25-20-13-17(31-16-7-3-1-4-8-16)9-10-18(20)22(30)19-14-26-23-21(19)24(28-15-27-23)29-11-5-2-6-12-29/h1,3-5,7-10,13-15H,2,6,11-12H2,(H,26,27,28). The number of hydrogen-bond acceptors (Lipinski definition) is 5. The van der Waals surface area contributed by atoms with Crippen molar-refractivity contribution in [3.8, 4) is 11.5 Å². The van der Waals surface area contributed by atoms with E-state index in [0.29, 0.717) is 33.3 Å². The molecule has 31 heavy (non-hydrogen) atoms. The van der Waals surface area contributed by atoms with Crippen molar-refractivity contribution in [2.24, 2.45) is 0 Å². The van der Waals surface area contributed by atoms with Crippen LogP contribution in [-0.4, -0.2) is 33.8 Å². The minimum absolute atomic E-state index is 0.181. The number of halogens is 1. The summed E-state index contributed by atoms with van der Waals surface area (Å²) in [5.41, 5.74) is 1.55. The van der Waals surface area contributed by atoms with Crippen LogP contribution in [0.1, 0.15) is 28.8 Å². The summed E-state index contributed by atoms with van der Waals surface area (Å²) in [6, 6.07) is 14.5. The average molecular weight is 432 g/mol. The molecule has 2 aromatic heterocycles. The van der Waals surface area contributed by atoms with E-state index in [9.17, 15) is 4.79 Å². The van der Waals surface area contributed by atoms with Gasteiger partial charge in [-0.2, -0.15) is 0 Å². The van der Waals surface area contributed by atoms with Crippen molar-refractivity contribution in [2.75, 3.05) is 18.0 Å². The number of nitrogens with zero attached hydrogens (tertiary/aromatic N) is 3. The Bertz CT molecular complexity index is 1230. The summed E-state index contributed by atoms with van der Waals surface area (Å²) in [4.78, 5) is 27.5. The summed E-state index contributed by atoms with van der Waals surface area (Å²) < 4.78 is 5.82. The fourth-order valence-electron chi connectivity index (χ4n) is 3.84. The highest BCUT2D eigenvalue weighted by Gasteiger charge is 2.24. The molecule has 6 nitrogen and oxygen atoms in total. The van der Waals surface area contributed by atoms with E-state index in [0.717, 1.165) is 37.1 Å². The highest BCUT2D eigenvalue weighted by Crippen LogP contribution is 2.33. The number of fused-ring (bicyclic) bond motifs is 1. The van der Waals surface area contributed by atoms with E-state index in [1.54, 1.807) is 24.4 Å². The zero-order valence-electron chi connectivity index (χ0n) is 16.7. The van der Waals surface area contributed by atoms with Gasteiger partial charge in [0.15, 0.2) is 5.78 Å². The molecule has 1 saturated heterocycles. The largest absolute Gasteiger partial charge is 0.457 e. The molecule has 0 amide bonds. The Hall–Kier alpha value is -3.38. The summed E-state index contributed by atoms with van der Waals surface area (Å²) in [7, 11) is 0. The quantitative estimate of drug-likeness (QED) is 0.426. The Morgan fingerprint density at radius 2 is 1.94 bits per heavy atom. The Morgan fingerprint density at radius 1 is 1.06 bits per heavy atom. The molecule has 1 aliphatic rings. The smallest absolute Gasteiger partial charge is 0.196 e. The molecule has 5 rings (SSSR count). The molecule has 1 N–H and O–H groups in total. The highest BCUT2D eigenvalue weighted by atomic mass is 35.5. The van der Waals surface area contributed by atoms with E-state index in [-0.39, 0.29) is 5.78 Å². The molecule has 0 saturated carbocycles. The number of H-pyrrole nitrogens is 1. The van der Waals surface area contributed by atoms with Crippen molar-refractivity contribution in [1.82, 2.24) is 15.0 Å². The maximum Gasteiger partial charge on any atom is 0.196 e. The second kappa shape index (κ2) is 8.40. The lowest BCUT2D eigenvalue weighted by Crippen LogP contribution is -2.30. The first kappa shape index (κ1) is 19.6. The summed E-state index contributed by atoms with van der Waals surface area (Å²) in [5, 5.41) is 1.06. The van der Waals surface area contributed by atoms with Crippen molar-refractivity contribution in [1.29, 1.82) is 0 Å². The van der Waals surface area contributed by atoms with Gasteiger partial charge in [-0.15, -0.1) is 0 Å². The van der Waals surface area contributed by atoms with Crippen molar-refractivity contribution in [3.05, 3.63) is 83.6 Å². The number of carbonyl (C=O) groups is 1. The van der Waals surface area contributed by atoms with Gasteiger partial charge < -0.3 is 14.6 Å². The van der Waals surface area contributed by atoms with Gasteiger partial charge in [0.2, 0.25) is 0 Å². The summed E-state index contributed by atoms with van der Waals surface area (Å²) in [6.07, 6.45) is 7.60. The fraction of sp³-hybridized carbons (Fsp3) is 0.167. The van der Waals surface area contributed by atoms with Crippen molar-refractivity contribution < 1.29 is 9.53 Å². The van der Waals surface area contributed by atoms with Gasteiger partial charge in [0.1, 0.15) is 29.3 Å². The minimum atomic E-state index is -0.181. The molecule has 1 radical (unpaired) electrons. The van der Waals surface area contributed by atoms with Crippen LogP contribution in [0.2, 0.25) is 5.02 Å². The van der Waals surface area contributed by atoms with E-state index in [2.05, 4.69) is 26.3 Å². The van der Waals surface area contributed by atoms with Crippen LogP contribution in [-0.2, 0) is 0 Å². The lowest BCUT2D eigenvalue weighted by molar-refractivity contribution is 0.104. The number of benzene rings is 2. The lowest BCUT2D eigenvalue weighted by atomic mass is 10.0. The van der Waals surface area contributed by atoms with Crippen LogP contribution in [0.25, 0.3) is 11.0 Å². The third kappa shape index (κ3) is 3.86. The molecule has 4 aromatic rings. The predicted molar refractivity (Wildman–Crippen MR) is 121 cm³/mol. The Kier molecular flexibility index (Phi) is 5.30. The number of ether oxygens (including phenoxy) is 1. The molecule has 0 atom stereocenters. The SMILES string of the molecule is O=C(c1ccc(Oc2ccccc2)cc1Cl)c1c[nH]c2ncnc(N3C[CH]CCC3)c12. The molecule has 0 bridgehead atoms. The number of anilines is 1. The van der Waals surface area contributed by atoms with Crippen molar-refractivity contribution in [2.45, 2.75) is 12.8 Å². The molecule has 1 aliphatic heterocycles. The van der Waals surface area contributed by atoms with Gasteiger partial charge in [0.25, 0.3) is 0 Å². The molecule has 2 aromatic carbocycles. The first-order valence-corrected chi connectivity index (χ1v) is 10.5. The molecular formula is C24H20ClN4O2. The second-order valence-corrected chi connectivity index (χ2v) is 7.79. The maximum atomic E-state index is 13.4. The van der Waals surface area contributed by atoms with Crippen LogP contribution in [0.4, 0.5) is 5.82 Å². The van der Waals surface area contributed by atoms with Gasteiger partial charge in [-0.05, 0) is 43.5 Å². The van der Waals surface area contributed by atoms with Crippen LogP contribution >= 0.6 is 11.6 Å². The second-order valence-electron chi connectivity index (χ2n) is 7.39.